The van der Waals surface area contributed by atoms with E-state index in [2.05, 4.69) is 48.8 Å². The molecule has 1 N–H and O–H groups in total. The van der Waals surface area contributed by atoms with Gasteiger partial charge in [-0.3, -0.25) is 0 Å². The molecule has 0 saturated carbocycles. The predicted octanol–water partition coefficient (Wildman–Crippen LogP) is 3.59. The minimum atomic E-state index is 0.264. The van der Waals surface area contributed by atoms with E-state index in [1.54, 1.807) is 11.3 Å². The van der Waals surface area contributed by atoms with Gasteiger partial charge in [0, 0.05) is 4.70 Å². The van der Waals surface area contributed by atoms with E-state index in [0.717, 1.165) is 0 Å². The second-order valence-electron chi connectivity index (χ2n) is 4.41. The van der Waals surface area contributed by atoms with Gasteiger partial charge in [0.2, 0.25) is 0 Å². The van der Waals surface area contributed by atoms with Crippen LogP contribution in [0.1, 0.15) is 25.5 Å². The number of rotatable bonds is 5. The van der Waals surface area contributed by atoms with Gasteiger partial charge in [-0.15, -0.1) is 11.3 Å². The first-order valence-corrected chi connectivity index (χ1v) is 6.85. The molecule has 3 heteroatoms. The molecule has 0 radical (unpaired) electrons. The molecule has 0 aliphatic heterocycles. The van der Waals surface area contributed by atoms with Crippen LogP contribution < -0.4 is 5.32 Å². The Balaban J connectivity index is 2.26. The molecule has 1 aromatic heterocycles. The number of likely N-dealkylation sites (N-methyl/N-ethyl adjacent to an activating group) is 1. The van der Waals surface area contributed by atoms with Crippen LogP contribution in [0, 0.1) is 0 Å². The van der Waals surface area contributed by atoms with Crippen molar-refractivity contribution in [2.75, 3.05) is 13.7 Å². The monoisotopic (exact) mass is 249 g/mol. The second kappa shape index (κ2) is 5.63. The van der Waals surface area contributed by atoms with Crippen LogP contribution in [0.2, 0.25) is 0 Å². The van der Waals surface area contributed by atoms with Crippen molar-refractivity contribution in [1.29, 1.82) is 0 Å². The summed E-state index contributed by atoms with van der Waals surface area (Å²) < 4.78 is 7.08. The number of hydrogen-bond acceptors (Lipinski definition) is 3. The molecule has 1 aromatic carbocycles. The van der Waals surface area contributed by atoms with Crippen molar-refractivity contribution in [3.8, 4) is 0 Å². The van der Waals surface area contributed by atoms with E-state index in [1.165, 1.54) is 15.6 Å². The quantitative estimate of drug-likeness (QED) is 0.874. The largest absolute Gasteiger partial charge is 0.377 e. The summed E-state index contributed by atoms with van der Waals surface area (Å²) in [6.07, 6.45) is 0.272. The van der Waals surface area contributed by atoms with E-state index in [-0.39, 0.29) is 12.1 Å². The number of nitrogens with one attached hydrogen (secondary N) is 1. The molecule has 0 amide bonds. The third kappa shape index (κ3) is 2.86. The summed E-state index contributed by atoms with van der Waals surface area (Å²) in [6, 6.07) is 8.89. The summed E-state index contributed by atoms with van der Waals surface area (Å²) in [7, 11) is 1.99. The third-order valence-electron chi connectivity index (χ3n) is 2.83. The number of hydrogen-bond donors (Lipinski definition) is 1. The normalized spacial score (nSPS) is 13.4. The highest BCUT2D eigenvalue weighted by atomic mass is 32.1. The Labute approximate surface area is 107 Å². The zero-order valence-electron chi connectivity index (χ0n) is 10.6. The van der Waals surface area contributed by atoms with Gasteiger partial charge in [0.05, 0.1) is 18.8 Å². The molecule has 2 aromatic rings. The Kier molecular flexibility index (Phi) is 4.15. The second-order valence-corrected chi connectivity index (χ2v) is 5.33. The highest BCUT2D eigenvalue weighted by molar-refractivity contribution is 7.17. The smallest absolute Gasteiger partial charge is 0.0665 e. The molecule has 2 rings (SSSR count). The summed E-state index contributed by atoms with van der Waals surface area (Å²) in [5.41, 5.74) is 1.33. The van der Waals surface area contributed by atoms with E-state index in [1.807, 2.05) is 7.05 Å². The minimum Gasteiger partial charge on any atom is -0.377 e. The van der Waals surface area contributed by atoms with E-state index in [4.69, 9.17) is 4.74 Å². The Morgan fingerprint density at radius 2 is 2.12 bits per heavy atom. The van der Waals surface area contributed by atoms with Gasteiger partial charge in [-0.25, -0.2) is 0 Å². The van der Waals surface area contributed by atoms with Gasteiger partial charge in [-0.05, 0) is 43.3 Å². The lowest BCUT2D eigenvalue weighted by molar-refractivity contribution is 0.0629. The Hall–Kier alpha value is -0.900. The Bertz CT molecular complexity index is 478. The SMILES string of the molecule is CNC(COC(C)C)c1cccc2ccsc12. The fraction of sp³-hybridized carbons (Fsp3) is 0.429. The first-order chi connectivity index (χ1) is 8.22. The van der Waals surface area contributed by atoms with Crippen molar-refractivity contribution >= 4 is 21.4 Å². The van der Waals surface area contributed by atoms with Crippen molar-refractivity contribution < 1.29 is 4.74 Å². The van der Waals surface area contributed by atoms with Gasteiger partial charge in [-0.1, -0.05) is 18.2 Å². The molecule has 1 atom stereocenters. The highest BCUT2D eigenvalue weighted by Gasteiger charge is 2.13. The van der Waals surface area contributed by atoms with Gasteiger partial charge in [0.25, 0.3) is 0 Å². The summed E-state index contributed by atoms with van der Waals surface area (Å²) >= 11 is 1.80. The predicted molar refractivity (Wildman–Crippen MR) is 74.7 cm³/mol. The zero-order chi connectivity index (χ0) is 12.3. The summed E-state index contributed by atoms with van der Waals surface area (Å²) in [4.78, 5) is 0. The molecule has 0 saturated heterocycles. The van der Waals surface area contributed by atoms with Crippen LogP contribution in [-0.4, -0.2) is 19.8 Å². The first kappa shape index (κ1) is 12.6. The molecule has 0 aliphatic carbocycles. The van der Waals surface area contributed by atoms with E-state index in [9.17, 15) is 0 Å². The first-order valence-electron chi connectivity index (χ1n) is 5.97. The van der Waals surface area contributed by atoms with Gasteiger partial charge >= 0.3 is 0 Å². The third-order valence-corrected chi connectivity index (χ3v) is 3.81. The summed E-state index contributed by atoms with van der Waals surface area (Å²) in [5, 5.41) is 6.80. The molecule has 1 heterocycles. The molecule has 92 valence electrons. The molecular formula is C14H19NOS. The number of thiophene rings is 1. The lowest BCUT2D eigenvalue weighted by Crippen LogP contribution is -2.23. The van der Waals surface area contributed by atoms with Crippen molar-refractivity contribution in [2.45, 2.75) is 26.0 Å². The van der Waals surface area contributed by atoms with E-state index < -0.39 is 0 Å². The summed E-state index contributed by atoms with van der Waals surface area (Å²) in [5.74, 6) is 0. The maximum atomic E-state index is 5.72. The number of benzene rings is 1. The fourth-order valence-electron chi connectivity index (χ4n) is 1.91. The molecule has 0 bridgehead atoms. The van der Waals surface area contributed by atoms with Crippen molar-refractivity contribution in [2.24, 2.45) is 0 Å². The van der Waals surface area contributed by atoms with Crippen LogP contribution in [0.15, 0.2) is 29.6 Å². The zero-order valence-corrected chi connectivity index (χ0v) is 11.4. The average Bonchev–Trinajstić information content (AvgIpc) is 2.78. The molecular weight excluding hydrogens is 230 g/mol. The minimum absolute atomic E-state index is 0.264. The average molecular weight is 249 g/mol. The lowest BCUT2D eigenvalue weighted by atomic mass is 10.1. The van der Waals surface area contributed by atoms with E-state index in [0.29, 0.717) is 6.61 Å². The van der Waals surface area contributed by atoms with Gasteiger partial charge in [0.1, 0.15) is 0 Å². The summed E-state index contributed by atoms with van der Waals surface area (Å²) in [6.45, 7) is 4.85. The van der Waals surface area contributed by atoms with Crippen LogP contribution in [-0.2, 0) is 4.74 Å². The highest BCUT2D eigenvalue weighted by Crippen LogP contribution is 2.29. The molecule has 0 fully saturated rings. The molecule has 2 nitrogen and oxygen atoms in total. The van der Waals surface area contributed by atoms with Crippen molar-refractivity contribution in [3.63, 3.8) is 0 Å². The van der Waals surface area contributed by atoms with Gasteiger partial charge < -0.3 is 10.1 Å². The number of fused-ring (bicyclic) bond motifs is 1. The molecule has 0 spiro atoms. The van der Waals surface area contributed by atoms with Crippen LogP contribution in [0.5, 0.6) is 0 Å². The van der Waals surface area contributed by atoms with Crippen LogP contribution in [0.3, 0.4) is 0 Å². The lowest BCUT2D eigenvalue weighted by Gasteiger charge is -2.19. The topological polar surface area (TPSA) is 21.3 Å². The van der Waals surface area contributed by atoms with Crippen molar-refractivity contribution in [3.05, 3.63) is 35.2 Å². The molecule has 17 heavy (non-hydrogen) atoms. The van der Waals surface area contributed by atoms with Crippen LogP contribution in [0.4, 0.5) is 0 Å². The van der Waals surface area contributed by atoms with Gasteiger partial charge in [0.15, 0.2) is 0 Å². The van der Waals surface area contributed by atoms with E-state index >= 15 is 0 Å². The van der Waals surface area contributed by atoms with Gasteiger partial charge in [-0.2, -0.15) is 0 Å². The maximum absolute atomic E-state index is 5.72. The Morgan fingerprint density at radius 3 is 2.82 bits per heavy atom. The van der Waals surface area contributed by atoms with Crippen LogP contribution in [0.25, 0.3) is 10.1 Å². The number of ether oxygens (including phenoxy) is 1. The molecule has 0 aliphatic rings. The van der Waals surface area contributed by atoms with Crippen molar-refractivity contribution in [1.82, 2.24) is 5.32 Å². The fourth-order valence-corrected chi connectivity index (χ4v) is 2.88. The standard InChI is InChI=1S/C14H19NOS/c1-10(2)16-9-13(15-3)12-6-4-5-11-7-8-17-14(11)12/h4-8,10,13,15H,9H2,1-3H3. The maximum Gasteiger partial charge on any atom is 0.0665 e. The Morgan fingerprint density at radius 1 is 1.29 bits per heavy atom. The van der Waals surface area contributed by atoms with Crippen LogP contribution >= 0.6 is 11.3 Å². The molecule has 1 unspecified atom stereocenters.